The molecule has 4 rings (SSSR count). The second-order valence-electron chi connectivity index (χ2n) is 9.42. The zero-order valence-corrected chi connectivity index (χ0v) is 22.7. The van der Waals surface area contributed by atoms with Crippen LogP contribution < -0.4 is 4.74 Å². The van der Waals surface area contributed by atoms with Crippen molar-refractivity contribution in [2.75, 3.05) is 34.4 Å². The minimum atomic E-state index is -0.277. The van der Waals surface area contributed by atoms with E-state index in [1.54, 1.807) is 7.11 Å². The molecule has 0 spiro atoms. The molecule has 0 amide bonds. The highest BCUT2D eigenvalue weighted by atomic mass is 35.5. The summed E-state index contributed by atoms with van der Waals surface area (Å²) in [5, 5.41) is 1.96. The standard InChI is InChI=1S/C31H35NO3.ClH/c1-6-35-31(33)28-19-22(18-24-11-7-8-12-26(24)28)17-23-15-16-25(20-32(3)4)30(21(23)2)27-13-9-10-14-29(27)34-5;/h7-14,17-19,25H,6,15-16,20H2,1-5H3;1H. The third-order valence-electron chi connectivity index (χ3n) is 6.76. The van der Waals surface area contributed by atoms with Gasteiger partial charge in [-0.25, -0.2) is 4.79 Å². The summed E-state index contributed by atoms with van der Waals surface area (Å²) >= 11 is 0. The Balaban J connectivity index is 0.00000361. The van der Waals surface area contributed by atoms with E-state index in [0.717, 1.165) is 47.0 Å². The van der Waals surface area contributed by atoms with E-state index in [1.165, 1.54) is 16.7 Å². The molecule has 3 aromatic rings. The van der Waals surface area contributed by atoms with E-state index < -0.39 is 0 Å². The van der Waals surface area contributed by atoms with Crippen molar-refractivity contribution in [2.24, 2.45) is 5.92 Å². The van der Waals surface area contributed by atoms with E-state index in [1.807, 2.05) is 43.3 Å². The summed E-state index contributed by atoms with van der Waals surface area (Å²) in [7, 11) is 6.00. The third kappa shape index (κ3) is 5.83. The summed E-state index contributed by atoms with van der Waals surface area (Å²) < 4.78 is 11.1. The Hall–Kier alpha value is -3.08. The number of ether oxygens (including phenoxy) is 2. The number of benzene rings is 3. The number of carbonyl (C=O) groups excluding carboxylic acids is 1. The van der Waals surface area contributed by atoms with Crippen LogP contribution in [0.5, 0.6) is 5.75 Å². The molecule has 0 fully saturated rings. The fourth-order valence-electron chi connectivity index (χ4n) is 5.23. The lowest BCUT2D eigenvalue weighted by Gasteiger charge is -2.32. The second kappa shape index (κ2) is 12.2. The zero-order valence-electron chi connectivity index (χ0n) is 21.8. The quantitative estimate of drug-likeness (QED) is 0.316. The molecule has 0 aromatic heterocycles. The Bertz CT molecular complexity index is 1290. The highest BCUT2D eigenvalue weighted by Crippen LogP contribution is 2.43. The highest BCUT2D eigenvalue weighted by molar-refractivity contribution is 6.05. The summed E-state index contributed by atoms with van der Waals surface area (Å²) in [6, 6.07) is 20.4. The number of nitrogens with zero attached hydrogens (tertiary/aromatic N) is 1. The molecule has 0 radical (unpaired) electrons. The first-order valence-corrected chi connectivity index (χ1v) is 12.3. The third-order valence-corrected chi connectivity index (χ3v) is 6.76. The van der Waals surface area contributed by atoms with Gasteiger partial charge in [0.25, 0.3) is 0 Å². The van der Waals surface area contributed by atoms with Crippen LogP contribution >= 0.6 is 12.4 Å². The number of methoxy groups -OCH3 is 1. The first kappa shape index (κ1) is 27.5. The molecule has 190 valence electrons. The molecule has 1 unspecified atom stereocenters. The van der Waals surface area contributed by atoms with E-state index in [2.05, 4.69) is 56.3 Å². The van der Waals surface area contributed by atoms with Gasteiger partial charge >= 0.3 is 5.97 Å². The Morgan fingerprint density at radius 3 is 2.53 bits per heavy atom. The number of rotatable bonds is 7. The van der Waals surface area contributed by atoms with Gasteiger partial charge in [-0.3, -0.25) is 0 Å². The molecule has 0 heterocycles. The summed E-state index contributed by atoms with van der Waals surface area (Å²) in [5.74, 6) is 1.05. The van der Waals surface area contributed by atoms with Crippen molar-refractivity contribution in [1.82, 2.24) is 4.90 Å². The minimum Gasteiger partial charge on any atom is -0.496 e. The average molecular weight is 506 g/mol. The predicted molar refractivity (Wildman–Crippen MR) is 152 cm³/mol. The number of para-hydroxylation sites is 1. The van der Waals surface area contributed by atoms with Crippen LogP contribution in [0.25, 0.3) is 22.4 Å². The SMILES string of the molecule is CCOC(=O)c1cc(C=C2CCC(CN(C)C)C(c3ccccc3OC)=C2C)cc2ccccc12.Cl. The first-order chi connectivity index (χ1) is 16.9. The fraction of sp³-hybridized carbons (Fsp3) is 0.323. The number of fused-ring (bicyclic) bond motifs is 1. The van der Waals surface area contributed by atoms with Gasteiger partial charge in [-0.15, -0.1) is 12.4 Å². The molecule has 0 N–H and O–H groups in total. The van der Waals surface area contributed by atoms with Crippen LogP contribution in [0.1, 0.15) is 48.2 Å². The van der Waals surface area contributed by atoms with Crippen molar-refractivity contribution in [1.29, 1.82) is 0 Å². The monoisotopic (exact) mass is 505 g/mol. The number of carbonyl (C=O) groups is 1. The van der Waals surface area contributed by atoms with Gasteiger partial charge in [-0.2, -0.15) is 0 Å². The van der Waals surface area contributed by atoms with E-state index in [9.17, 15) is 4.79 Å². The molecule has 0 saturated carbocycles. The molecule has 5 heteroatoms. The van der Waals surface area contributed by atoms with Crippen molar-refractivity contribution in [3.8, 4) is 5.75 Å². The van der Waals surface area contributed by atoms with Crippen LogP contribution in [-0.2, 0) is 4.74 Å². The summed E-state index contributed by atoms with van der Waals surface area (Å²) in [6.45, 7) is 5.41. The Labute approximate surface area is 221 Å². The van der Waals surface area contributed by atoms with Crippen LogP contribution in [0, 0.1) is 5.92 Å². The van der Waals surface area contributed by atoms with Crippen LogP contribution in [-0.4, -0.2) is 45.2 Å². The Kier molecular flexibility index (Phi) is 9.36. The lowest BCUT2D eigenvalue weighted by Crippen LogP contribution is -2.25. The minimum absolute atomic E-state index is 0. The van der Waals surface area contributed by atoms with Gasteiger partial charge in [-0.05, 0) is 98.0 Å². The van der Waals surface area contributed by atoms with Crippen LogP contribution in [0.4, 0.5) is 0 Å². The number of halogens is 1. The molecule has 0 aliphatic heterocycles. The number of hydrogen-bond acceptors (Lipinski definition) is 4. The molecule has 3 aromatic carbocycles. The van der Waals surface area contributed by atoms with Crippen LogP contribution in [0.15, 0.2) is 71.8 Å². The van der Waals surface area contributed by atoms with Crippen molar-refractivity contribution in [3.63, 3.8) is 0 Å². The molecular formula is C31H36ClNO3. The Morgan fingerprint density at radius 1 is 1.08 bits per heavy atom. The van der Waals surface area contributed by atoms with Crippen molar-refractivity contribution < 1.29 is 14.3 Å². The molecule has 1 aliphatic rings. The molecule has 0 bridgehead atoms. The van der Waals surface area contributed by atoms with Crippen LogP contribution in [0.2, 0.25) is 0 Å². The van der Waals surface area contributed by atoms with Gasteiger partial charge in [0.05, 0.1) is 19.3 Å². The Morgan fingerprint density at radius 2 is 1.81 bits per heavy atom. The number of allylic oxidation sites excluding steroid dienone is 2. The number of hydrogen-bond donors (Lipinski definition) is 0. The maximum absolute atomic E-state index is 12.7. The normalized spacial score (nSPS) is 16.8. The lowest BCUT2D eigenvalue weighted by atomic mass is 9.76. The largest absolute Gasteiger partial charge is 0.496 e. The van der Waals surface area contributed by atoms with Gasteiger partial charge in [-0.1, -0.05) is 48.5 Å². The topological polar surface area (TPSA) is 38.8 Å². The summed E-state index contributed by atoms with van der Waals surface area (Å²) in [5.41, 5.74) is 6.73. The van der Waals surface area contributed by atoms with Crippen LogP contribution in [0.3, 0.4) is 0 Å². The van der Waals surface area contributed by atoms with E-state index in [-0.39, 0.29) is 18.4 Å². The van der Waals surface area contributed by atoms with Crippen molar-refractivity contribution >= 4 is 40.8 Å². The molecule has 1 aliphatic carbocycles. The van der Waals surface area contributed by atoms with E-state index >= 15 is 0 Å². The zero-order chi connectivity index (χ0) is 24.9. The fourth-order valence-corrected chi connectivity index (χ4v) is 5.23. The van der Waals surface area contributed by atoms with E-state index in [4.69, 9.17) is 9.47 Å². The molecule has 1 atom stereocenters. The predicted octanol–water partition coefficient (Wildman–Crippen LogP) is 7.28. The van der Waals surface area contributed by atoms with Crippen molar-refractivity contribution in [3.05, 3.63) is 88.5 Å². The van der Waals surface area contributed by atoms with Gasteiger partial charge in [0.2, 0.25) is 0 Å². The second-order valence-corrected chi connectivity index (χ2v) is 9.42. The lowest BCUT2D eigenvalue weighted by molar-refractivity contribution is 0.0528. The maximum atomic E-state index is 12.7. The van der Waals surface area contributed by atoms with Gasteiger partial charge in [0.15, 0.2) is 0 Å². The molecule has 36 heavy (non-hydrogen) atoms. The molecular weight excluding hydrogens is 470 g/mol. The number of esters is 1. The first-order valence-electron chi connectivity index (χ1n) is 12.3. The van der Waals surface area contributed by atoms with Gasteiger partial charge < -0.3 is 14.4 Å². The van der Waals surface area contributed by atoms with Gasteiger partial charge in [0, 0.05) is 12.1 Å². The highest BCUT2D eigenvalue weighted by Gasteiger charge is 2.27. The van der Waals surface area contributed by atoms with Gasteiger partial charge in [0.1, 0.15) is 5.75 Å². The average Bonchev–Trinajstić information content (AvgIpc) is 2.85. The summed E-state index contributed by atoms with van der Waals surface area (Å²) in [6.07, 6.45) is 4.30. The maximum Gasteiger partial charge on any atom is 0.338 e. The summed E-state index contributed by atoms with van der Waals surface area (Å²) in [4.78, 5) is 15.0. The molecule has 0 saturated heterocycles. The van der Waals surface area contributed by atoms with Crippen molar-refractivity contribution in [2.45, 2.75) is 26.7 Å². The molecule has 4 nitrogen and oxygen atoms in total. The van der Waals surface area contributed by atoms with E-state index in [0.29, 0.717) is 18.1 Å². The smallest absolute Gasteiger partial charge is 0.338 e.